The number of nitrogens with one attached hydrogen (secondary N) is 1. The van der Waals surface area contributed by atoms with Gasteiger partial charge in [-0.2, -0.15) is 0 Å². The average Bonchev–Trinajstić information content (AvgIpc) is 2.49. The fourth-order valence-corrected chi connectivity index (χ4v) is 2.13. The predicted molar refractivity (Wildman–Crippen MR) is 62.5 cm³/mol. The van der Waals surface area contributed by atoms with Crippen LogP contribution in [0, 0.1) is 11.8 Å². The molecule has 1 N–H and O–H groups in total. The molecular formula is C12H26N2. The zero-order chi connectivity index (χ0) is 10.6. The van der Waals surface area contributed by atoms with Crippen molar-refractivity contribution in [1.29, 1.82) is 0 Å². The van der Waals surface area contributed by atoms with Crippen molar-refractivity contribution in [1.82, 2.24) is 10.2 Å². The maximum absolute atomic E-state index is 3.51. The lowest BCUT2D eigenvalue weighted by Crippen LogP contribution is -2.33. The third-order valence-electron chi connectivity index (χ3n) is 3.32. The first-order valence-corrected chi connectivity index (χ1v) is 6.01. The van der Waals surface area contributed by atoms with Gasteiger partial charge < -0.3 is 10.2 Å². The molecule has 2 nitrogen and oxygen atoms in total. The second kappa shape index (κ2) is 5.72. The SMILES string of the molecule is CC(C)CCN(C)CC1CCNC1C. The van der Waals surface area contributed by atoms with Gasteiger partial charge in [-0.25, -0.2) is 0 Å². The van der Waals surface area contributed by atoms with Crippen LogP contribution in [-0.4, -0.2) is 37.6 Å². The van der Waals surface area contributed by atoms with E-state index in [0.717, 1.165) is 17.9 Å². The van der Waals surface area contributed by atoms with Gasteiger partial charge in [0, 0.05) is 12.6 Å². The van der Waals surface area contributed by atoms with Crippen LogP contribution < -0.4 is 5.32 Å². The van der Waals surface area contributed by atoms with Gasteiger partial charge in [-0.3, -0.25) is 0 Å². The Morgan fingerprint density at radius 2 is 2.14 bits per heavy atom. The van der Waals surface area contributed by atoms with Gasteiger partial charge in [0.05, 0.1) is 0 Å². The lowest BCUT2D eigenvalue weighted by molar-refractivity contribution is 0.253. The van der Waals surface area contributed by atoms with Gasteiger partial charge in [-0.05, 0) is 51.7 Å². The van der Waals surface area contributed by atoms with Gasteiger partial charge in [0.25, 0.3) is 0 Å². The van der Waals surface area contributed by atoms with Crippen LogP contribution in [-0.2, 0) is 0 Å². The van der Waals surface area contributed by atoms with Crippen LogP contribution in [0.1, 0.15) is 33.6 Å². The molecule has 2 heteroatoms. The van der Waals surface area contributed by atoms with Gasteiger partial charge >= 0.3 is 0 Å². The first-order chi connectivity index (χ1) is 6.59. The van der Waals surface area contributed by atoms with Crippen LogP contribution in [0.15, 0.2) is 0 Å². The summed E-state index contributed by atoms with van der Waals surface area (Å²) in [5.41, 5.74) is 0. The molecule has 0 spiro atoms. The largest absolute Gasteiger partial charge is 0.314 e. The minimum absolute atomic E-state index is 0.719. The molecule has 0 aliphatic carbocycles. The zero-order valence-corrected chi connectivity index (χ0v) is 10.2. The summed E-state index contributed by atoms with van der Waals surface area (Å²) < 4.78 is 0. The van der Waals surface area contributed by atoms with E-state index in [0.29, 0.717) is 0 Å². The summed E-state index contributed by atoms with van der Waals surface area (Å²) in [5, 5.41) is 3.51. The quantitative estimate of drug-likeness (QED) is 0.726. The fraction of sp³-hybridized carbons (Fsp3) is 1.00. The summed E-state index contributed by atoms with van der Waals surface area (Å²) in [6.45, 7) is 10.6. The van der Waals surface area contributed by atoms with E-state index >= 15 is 0 Å². The van der Waals surface area contributed by atoms with Crippen LogP contribution in [0.3, 0.4) is 0 Å². The molecule has 1 saturated heterocycles. The van der Waals surface area contributed by atoms with E-state index in [4.69, 9.17) is 0 Å². The van der Waals surface area contributed by atoms with Crippen molar-refractivity contribution in [3.05, 3.63) is 0 Å². The van der Waals surface area contributed by atoms with Crippen molar-refractivity contribution in [3.8, 4) is 0 Å². The van der Waals surface area contributed by atoms with Gasteiger partial charge in [-0.15, -0.1) is 0 Å². The molecule has 1 heterocycles. The standard InChI is InChI=1S/C12H26N2/c1-10(2)6-8-14(4)9-12-5-7-13-11(12)3/h10-13H,5-9H2,1-4H3. The molecule has 0 aromatic carbocycles. The molecule has 0 radical (unpaired) electrons. The molecule has 0 aromatic rings. The summed E-state index contributed by atoms with van der Waals surface area (Å²) in [7, 11) is 2.26. The van der Waals surface area contributed by atoms with Crippen molar-refractivity contribution >= 4 is 0 Å². The minimum atomic E-state index is 0.719. The van der Waals surface area contributed by atoms with E-state index in [1.807, 2.05) is 0 Å². The number of nitrogens with zero attached hydrogens (tertiary/aromatic N) is 1. The summed E-state index contributed by atoms with van der Waals surface area (Å²) in [6.07, 6.45) is 2.68. The van der Waals surface area contributed by atoms with Crippen molar-refractivity contribution < 1.29 is 0 Å². The Kier molecular flexibility index (Phi) is 4.90. The van der Waals surface area contributed by atoms with Crippen molar-refractivity contribution in [2.75, 3.05) is 26.7 Å². The first kappa shape index (κ1) is 12.0. The van der Waals surface area contributed by atoms with Crippen molar-refractivity contribution in [3.63, 3.8) is 0 Å². The van der Waals surface area contributed by atoms with Crippen LogP contribution in [0.4, 0.5) is 0 Å². The topological polar surface area (TPSA) is 15.3 Å². The molecule has 84 valence electrons. The fourth-order valence-electron chi connectivity index (χ4n) is 2.13. The summed E-state index contributed by atoms with van der Waals surface area (Å²) in [4.78, 5) is 2.49. The molecule has 2 atom stereocenters. The van der Waals surface area contributed by atoms with E-state index in [9.17, 15) is 0 Å². The highest BCUT2D eigenvalue weighted by Crippen LogP contribution is 2.16. The number of rotatable bonds is 5. The smallest absolute Gasteiger partial charge is 0.00796 e. The third-order valence-corrected chi connectivity index (χ3v) is 3.32. The lowest BCUT2D eigenvalue weighted by Gasteiger charge is -2.23. The highest BCUT2D eigenvalue weighted by molar-refractivity contribution is 4.81. The van der Waals surface area contributed by atoms with E-state index in [2.05, 4.69) is 38.0 Å². The molecule has 14 heavy (non-hydrogen) atoms. The summed E-state index contributed by atoms with van der Waals surface area (Å²) >= 11 is 0. The van der Waals surface area contributed by atoms with Gasteiger partial charge in [-0.1, -0.05) is 13.8 Å². The first-order valence-electron chi connectivity index (χ1n) is 6.01. The average molecular weight is 198 g/mol. The maximum Gasteiger partial charge on any atom is 0.00796 e. The molecule has 0 amide bonds. The molecule has 1 rings (SSSR count). The Morgan fingerprint density at radius 3 is 2.64 bits per heavy atom. The second-order valence-corrected chi connectivity index (χ2v) is 5.24. The third kappa shape index (κ3) is 3.97. The summed E-state index contributed by atoms with van der Waals surface area (Å²) in [5.74, 6) is 1.70. The van der Waals surface area contributed by atoms with E-state index < -0.39 is 0 Å². The molecule has 0 saturated carbocycles. The summed E-state index contributed by atoms with van der Waals surface area (Å²) in [6, 6.07) is 0.719. The Bertz CT molecular complexity index is 156. The molecule has 1 aliphatic heterocycles. The lowest BCUT2D eigenvalue weighted by atomic mass is 10.0. The van der Waals surface area contributed by atoms with Crippen LogP contribution in [0.5, 0.6) is 0 Å². The molecule has 2 unspecified atom stereocenters. The Hall–Kier alpha value is -0.0800. The molecule has 0 bridgehead atoms. The van der Waals surface area contributed by atoms with Gasteiger partial charge in [0.2, 0.25) is 0 Å². The monoisotopic (exact) mass is 198 g/mol. The maximum atomic E-state index is 3.51. The Morgan fingerprint density at radius 1 is 1.43 bits per heavy atom. The normalized spacial score (nSPS) is 27.9. The number of hydrogen-bond acceptors (Lipinski definition) is 2. The van der Waals surface area contributed by atoms with Crippen LogP contribution in [0.25, 0.3) is 0 Å². The minimum Gasteiger partial charge on any atom is -0.314 e. The van der Waals surface area contributed by atoms with E-state index in [-0.39, 0.29) is 0 Å². The molecule has 1 aliphatic rings. The molecule has 0 aromatic heterocycles. The van der Waals surface area contributed by atoms with Crippen LogP contribution in [0.2, 0.25) is 0 Å². The van der Waals surface area contributed by atoms with E-state index in [1.54, 1.807) is 0 Å². The Balaban J connectivity index is 2.16. The van der Waals surface area contributed by atoms with Crippen LogP contribution >= 0.6 is 0 Å². The zero-order valence-electron chi connectivity index (χ0n) is 10.2. The predicted octanol–water partition coefficient (Wildman–Crippen LogP) is 1.96. The Labute approximate surface area is 89.1 Å². The highest BCUT2D eigenvalue weighted by atomic mass is 15.1. The van der Waals surface area contributed by atoms with Crippen molar-refractivity contribution in [2.24, 2.45) is 11.8 Å². The number of hydrogen-bond donors (Lipinski definition) is 1. The highest BCUT2D eigenvalue weighted by Gasteiger charge is 2.23. The van der Waals surface area contributed by atoms with E-state index in [1.165, 1.54) is 32.5 Å². The molecule has 1 fully saturated rings. The van der Waals surface area contributed by atoms with Gasteiger partial charge in [0.15, 0.2) is 0 Å². The second-order valence-electron chi connectivity index (χ2n) is 5.24. The van der Waals surface area contributed by atoms with Gasteiger partial charge in [0.1, 0.15) is 0 Å². The van der Waals surface area contributed by atoms with Crippen molar-refractivity contribution in [2.45, 2.75) is 39.7 Å². The molecular weight excluding hydrogens is 172 g/mol.